The van der Waals surface area contributed by atoms with Crippen LogP contribution in [0.25, 0.3) is 0 Å². The van der Waals surface area contributed by atoms with E-state index in [9.17, 15) is 0 Å². The lowest BCUT2D eigenvalue weighted by molar-refractivity contribution is 0.618. The summed E-state index contributed by atoms with van der Waals surface area (Å²) in [7, 11) is 0. The summed E-state index contributed by atoms with van der Waals surface area (Å²) in [5, 5.41) is 2.72. The zero-order chi connectivity index (χ0) is 7.11. The minimum atomic E-state index is -0.648. The van der Waals surface area contributed by atoms with Crippen LogP contribution < -0.4 is 0 Å². The molecule has 0 heterocycles. The molecule has 0 bridgehead atoms. The summed E-state index contributed by atoms with van der Waals surface area (Å²) in [5.41, 5.74) is 0. The maximum absolute atomic E-state index is 5.48. The summed E-state index contributed by atoms with van der Waals surface area (Å²) in [6.07, 6.45) is 2.71. The van der Waals surface area contributed by atoms with E-state index in [0.717, 1.165) is 16.6 Å². The van der Waals surface area contributed by atoms with Crippen LogP contribution >= 0.6 is 0 Å². The Bertz CT molecular complexity index is 55.0. The normalized spacial score (nSPS) is 9.56. The molecule has 0 aliphatic heterocycles. The van der Waals surface area contributed by atoms with E-state index in [2.05, 4.69) is 13.8 Å². The molecule has 0 aromatic rings. The predicted octanol–water partition coefficient (Wildman–Crippen LogP) is 1.36. The third-order valence-corrected chi connectivity index (χ3v) is 6.30. The fraction of sp³-hybridized carbons (Fsp3) is 1.00. The Morgan fingerprint density at radius 1 is 1.44 bits per heavy atom. The van der Waals surface area contributed by atoms with Crippen LogP contribution in [0.1, 0.15) is 26.7 Å². The Balaban J connectivity index is 3.09. The molecule has 0 radical (unpaired) electrons. The molecule has 9 heavy (non-hydrogen) atoms. The Kier molecular flexibility index (Phi) is 7.95. The summed E-state index contributed by atoms with van der Waals surface area (Å²) in [6, 6.07) is 0. The maximum Gasteiger partial charge on any atom is 0.429 e. The maximum atomic E-state index is 5.48. The van der Waals surface area contributed by atoms with Gasteiger partial charge in [-0.25, -0.2) is 0 Å². The van der Waals surface area contributed by atoms with Crippen LogP contribution in [-0.2, 0) is 2.84 Å². The van der Waals surface area contributed by atoms with Gasteiger partial charge in [-0.1, -0.05) is 37.3 Å². The minimum absolute atomic E-state index is 0.648. The van der Waals surface area contributed by atoms with Crippen molar-refractivity contribution in [3.8, 4) is 0 Å². The third kappa shape index (κ3) is 5.47. The molecule has 52 valence electrons. The van der Waals surface area contributed by atoms with E-state index in [1.807, 2.05) is 0 Å². The summed E-state index contributed by atoms with van der Waals surface area (Å²) in [5.74, 6) is 0. The van der Waals surface area contributed by atoms with Crippen LogP contribution in [0.4, 0.5) is 0 Å². The van der Waals surface area contributed by atoms with Crippen molar-refractivity contribution in [2.45, 2.75) is 37.3 Å². The van der Waals surface area contributed by atoms with Crippen molar-refractivity contribution in [3.05, 3.63) is 0 Å². The van der Waals surface area contributed by atoms with E-state index in [1.54, 1.807) is 0 Å². The third-order valence-electron chi connectivity index (χ3n) is 1.67. The fourth-order valence-corrected chi connectivity index (χ4v) is 4.47. The highest BCUT2D eigenvalue weighted by Gasteiger charge is 2.12. The van der Waals surface area contributed by atoms with E-state index in [-0.39, 0.29) is 0 Å². The fourth-order valence-electron chi connectivity index (χ4n) is 0.920. The van der Waals surface area contributed by atoms with Gasteiger partial charge in [-0.15, -0.1) is 0 Å². The molecule has 0 fully saturated rings. The molecule has 3 heteroatoms. The van der Waals surface area contributed by atoms with Gasteiger partial charge in [0.2, 0.25) is 0 Å². The topological polar surface area (TPSA) is 9.23 Å². The van der Waals surface area contributed by atoms with Crippen molar-refractivity contribution in [3.63, 3.8) is 0 Å². The van der Waals surface area contributed by atoms with Crippen molar-refractivity contribution in [2.75, 3.05) is 0 Å². The molecule has 0 N–H and O–H groups in total. The van der Waals surface area contributed by atoms with Gasteiger partial charge in [-0.05, 0) is 0 Å². The van der Waals surface area contributed by atoms with Crippen molar-refractivity contribution in [1.29, 1.82) is 0 Å². The van der Waals surface area contributed by atoms with Crippen molar-refractivity contribution in [2.24, 2.45) is 0 Å². The molecule has 0 spiro atoms. The van der Waals surface area contributed by atoms with Gasteiger partial charge in [0.1, 0.15) is 0 Å². The molecule has 0 aromatic carbocycles. The monoisotopic (exact) mass is 158 g/mol. The first-order chi connectivity index (χ1) is 4.35. The molecule has 0 atom stereocenters. The van der Waals surface area contributed by atoms with Gasteiger partial charge in [0, 0.05) is 0 Å². The minimum Gasteiger partial charge on any atom is -0.642 e. The van der Waals surface area contributed by atoms with Crippen LogP contribution in [0, 0.1) is 0 Å². The first-order valence-electron chi connectivity index (χ1n) is 3.87. The zero-order valence-electron chi connectivity index (χ0n) is 6.81. The second-order valence-electron chi connectivity index (χ2n) is 2.41. The van der Waals surface area contributed by atoms with Gasteiger partial charge < -0.3 is 2.84 Å². The first-order valence-corrected chi connectivity index (χ1v) is 6.80. The van der Waals surface area contributed by atoms with Gasteiger partial charge in [0.05, 0.1) is 0 Å². The van der Waals surface area contributed by atoms with E-state index < -0.39 is 14.5 Å². The summed E-state index contributed by atoms with van der Waals surface area (Å²) < 4.78 is 5.48. The highest BCUT2D eigenvalue weighted by Crippen LogP contribution is 2.04. The Labute approximate surface area is 71.3 Å². The number of hydrogen-bond acceptors (Lipinski definition) is 1. The van der Waals surface area contributed by atoms with E-state index in [1.165, 1.54) is 23.4 Å². The second-order valence-corrected chi connectivity index (χ2v) is 6.93. The molecular formula is C6H16Al2O. The lowest BCUT2D eigenvalue weighted by atomic mass is 10.4. The zero-order valence-corrected chi connectivity index (χ0v) is 9.97. The second kappa shape index (κ2) is 7.14. The quantitative estimate of drug-likeness (QED) is 0.549. The molecule has 0 aromatic heterocycles. The van der Waals surface area contributed by atoms with E-state index in [0.29, 0.717) is 0 Å². The van der Waals surface area contributed by atoms with Crippen molar-refractivity contribution in [1.82, 2.24) is 0 Å². The lowest BCUT2D eigenvalue weighted by Crippen LogP contribution is -2.13. The molecule has 0 aliphatic carbocycles. The van der Waals surface area contributed by atoms with Gasteiger partial charge in [-0.3, -0.25) is 0 Å². The molecule has 1 nitrogen and oxygen atoms in total. The molecule has 0 rings (SSSR count). The number of unbranched alkanes of at least 4 members (excludes halogenated alkanes) is 1. The van der Waals surface area contributed by atoms with Gasteiger partial charge >= 0.3 is 31.1 Å². The van der Waals surface area contributed by atoms with Gasteiger partial charge in [-0.2, -0.15) is 0 Å². The van der Waals surface area contributed by atoms with E-state index >= 15 is 0 Å². The summed E-state index contributed by atoms with van der Waals surface area (Å²) in [6.45, 7) is 4.50. The molecular weight excluding hydrogens is 142 g/mol. The Hall–Kier alpha value is 1.02. The summed E-state index contributed by atoms with van der Waals surface area (Å²) in [4.78, 5) is 0. The lowest BCUT2D eigenvalue weighted by Gasteiger charge is -2.05. The molecule has 0 saturated heterocycles. The van der Waals surface area contributed by atoms with Gasteiger partial charge in [0.25, 0.3) is 0 Å². The Morgan fingerprint density at radius 3 is 2.44 bits per heavy atom. The van der Waals surface area contributed by atoms with Crippen molar-refractivity contribution < 1.29 is 2.84 Å². The Morgan fingerprint density at radius 2 is 2.11 bits per heavy atom. The average Bonchev–Trinajstić information content (AvgIpc) is 1.91. The van der Waals surface area contributed by atoms with Crippen LogP contribution in [0.5, 0.6) is 0 Å². The highest BCUT2D eigenvalue weighted by molar-refractivity contribution is 6.55. The van der Waals surface area contributed by atoms with Crippen LogP contribution in [0.3, 0.4) is 0 Å². The van der Waals surface area contributed by atoms with E-state index in [4.69, 9.17) is 2.84 Å². The first kappa shape index (κ1) is 10.0. The summed E-state index contributed by atoms with van der Waals surface area (Å²) >= 11 is 0.312. The largest absolute Gasteiger partial charge is 0.642 e. The number of hydrogen-bond donors (Lipinski definition) is 0. The molecule has 0 unspecified atom stereocenters. The average molecular weight is 158 g/mol. The van der Waals surface area contributed by atoms with Crippen molar-refractivity contribution >= 4 is 31.1 Å². The van der Waals surface area contributed by atoms with Crippen LogP contribution in [-0.4, -0.2) is 31.1 Å². The van der Waals surface area contributed by atoms with Crippen LogP contribution in [0.15, 0.2) is 0 Å². The predicted molar refractivity (Wildman–Crippen MR) is 45.6 cm³/mol. The standard InChI is InChI=1S/C4H9.C2H5.2Al.O.2H/c1-3-4-2;1-2;;;;;/h1,3-4H2,2H3;1H2,2H3;;;;;. The number of rotatable bonds is 5. The highest BCUT2D eigenvalue weighted by atomic mass is 27.2. The molecule has 0 amide bonds. The smallest absolute Gasteiger partial charge is 0.429 e. The van der Waals surface area contributed by atoms with Crippen LogP contribution in [0.2, 0.25) is 10.6 Å². The SMILES string of the molecule is CCC[CH2][Al]([CH2]C)[O][AlH2]. The molecule has 0 aliphatic rings. The molecule has 0 saturated carbocycles. The van der Waals surface area contributed by atoms with Gasteiger partial charge in [0.15, 0.2) is 0 Å².